The minimum Gasteiger partial charge on any atom is -0.288 e. The van der Waals surface area contributed by atoms with E-state index >= 15 is 0 Å². The van der Waals surface area contributed by atoms with Gasteiger partial charge in [-0.1, -0.05) is 6.08 Å². The smallest absolute Gasteiger partial charge is 0.288 e. The van der Waals surface area contributed by atoms with Crippen molar-refractivity contribution < 1.29 is 9.59 Å². The van der Waals surface area contributed by atoms with Crippen LogP contribution in [-0.2, 0) is 9.59 Å². The standard InChI is InChI=1S/C8H11N3O2S/c1-2-4-14-5-3-9-8-10-6(12)7(13)11-8/h2H,1,3-5H2,(H2,9,10,11,12,13). The van der Waals surface area contributed by atoms with Gasteiger partial charge in [-0.2, -0.15) is 11.8 Å². The van der Waals surface area contributed by atoms with Crippen LogP contribution in [0.15, 0.2) is 17.6 Å². The Balaban J connectivity index is 2.22. The second-order valence-corrected chi connectivity index (χ2v) is 3.65. The van der Waals surface area contributed by atoms with Crippen molar-refractivity contribution in [2.24, 2.45) is 4.99 Å². The van der Waals surface area contributed by atoms with E-state index < -0.39 is 11.8 Å². The fraction of sp³-hybridized carbons (Fsp3) is 0.375. The summed E-state index contributed by atoms with van der Waals surface area (Å²) >= 11 is 1.69. The fourth-order valence-corrected chi connectivity index (χ4v) is 1.38. The van der Waals surface area contributed by atoms with E-state index in [1.165, 1.54) is 0 Å². The van der Waals surface area contributed by atoms with Crippen LogP contribution < -0.4 is 10.6 Å². The van der Waals surface area contributed by atoms with Crippen molar-refractivity contribution in [3.8, 4) is 0 Å². The monoisotopic (exact) mass is 213 g/mol. The van der Waals surface area contributed by atoms with Crippen molar-refractivity contribution in [3.05, 3.63) is 12.7 Å². The van der Waals surface area contributed by atoms with Crippen LogP contribution in [0, 0.1) is 0 Å². The van der Waals surface area contributed by atoms with Gasteiger partial charge in [-0.3, -0.25) is 25.2 Å². The molecule has 0 aliphatic carbocycles. The van der Waals surface area contributed by atoms with Crippen LogP contribution in [0.5, 0.6) is 0 Å². The van der Waals surface area contributed by atoms with Crippen LogP contribution in [0.4, 0.5) is 0 Å². The van der Waals surface area contributed by atoms with Crippen molar-refractivity contribution in [1.29, 1.82) is 0 Å². The van der Waals surface area contributed by atoms with E-state index in [1.54, 1.807) is 11.8 Å². The maximum atomic E-state index is 10.7. The zero-order valence-corrected chi connectivity index (χ0v) is 8.39. The predicted molar refractivity (Wildman–Crippen MR) is 56.1 cm³/mol. The van der Waals surface area contributed by atoms with Crippen LogP contribution in [-0.4, -0.2) is 35.8 Å². The first-order chi connectivity index (χ1) is 6.74. The molecule has 0 saturated carbocycles. The van der Waals surface area contributed by atoms with Gasteiger partial charge in [0.1, 0.15) is 0 Å². The molecule has 5 nitrogen and oxygen atoms in total. The summed E-state index contributed by atoms with van der Waals surface area (Å²) in [5, 5.41) is 4.63. The van der Waals surface area contributed by atoms with E-state index in [2.05, 4.69) is 22.2 Å². The van der Waals surface area contributed by atoms with Gasteiger partial charge < -0.3 is 0 Å². The number of nitrogens with one attached hydrogen (secondary N) is 2. The Bertz CT molecular complexity index is 270. The van der Waals surface area contributed by atoms with E-state index in [9.17, 15) is 9.59 Å². The summed E-state index contributed by atoms with van der Waals surface area (Å²) in [4.78, 5) is 25.4. The number of aliphatic imine (C=N–C) groups is 1. The first-order valence-electron chi connectivity index (χ1n) is 4.09. The van der Waals surface area contributed by atoms with Crippen molar-refractivity contribution >= 4 is 29.5 Å². The molecule has 0 bridgehead atoms. The second-order valence-electron chi connectivity index (χ2n) is 2.50. The third-order valence-corrected chi connectivity index (χ3v) is 2.35. The molecule has 0 aromatic rings. The number of carbonyl (C=O) groups is 2. The molecule has 0 atom stereocenters. The molecule has 1 saturated heterocycles. The van der Waals surface area contributed by atoms with Gasteiger partial charge >= 0.3 is 11.8 Å². The molecule has 76 valence electrons. The largest absolute Gasteiger partial charge is 0.316 e. The molecule has 0 radical (unpaired) electrons. The van der Waals surface area contributed by atoms with Gasteiger partial charge in [-0.25, -0.2) is 0 Å². The highest BCUT2D eigenvalue weighted by Crippen LogP contribution is 1.98. The number of rotatable bonds is 5. The predicted octanol–water partition coefficient (Wildman–Crippen LogP) is -0.492. The summed E-state index contributed by atoms with van der Waals surface area (Å²) in [5.74, 6) is 0.661. The normalized spacial score (nSPS) is 15.0. The lowest BCUT2D eigenvalue weighted by Crippen LogP contribution is -2.26. The fourth-order valence-electron chi connectivity index (χ4n) is 0.828. The summed E-state index contributed by atoms with van der Waals surface area (Å²) in [6, 6.07) is 0. The highest BCUT2D eigenvalue weighted by Gasteiger charge is 2.24. The molecule has 14 heavy (non-hydrogen) atoms. The van der Waals surface area contributed by atoms with Gasteiger partial charge in [0.05, 0.1) is 6.54 Å². The average Bonchev–Trinajstić information content (AvgIpc) is 2.46. The van der Waals surface area contributed by atoms with E-state index in [1.807, 2.05) is 6.08 Å². The lowest BCUT2D eigenvalue weighted by Gasteiger charge is -1.96. The third-order valence-electron chi connectivity index (χ3n) is 1.41. The molecule has 1 rings (SSSR count). The van der Waals surface area contributed by atoms with Crippen molar-refractivity contribution in [1.82, 2.24) is 10.6 Å². The Morgan fingerprint density at radius 3 is 2.57 bits per heavy atom. The molecule has 0 aromatic carbocycles. The molecule has 6 heteroatoms. The molecular weight excluding hydrogens is 202 g/mol. The number of hydrogen-bond donors (Lipinski definition) is 2. The topological polar surface area (TPSA) is 70.6 Å². The molecule has 1 fully saturated rings. The number of carbonyl (C=O) groups excluding carboxylic acids is 2. The summed E-state index contributed by atoms with van der Waals surface area (Å²) in [6.45, 7) is 4.15. The van der Waals surface area contributed by atoms with Crippen molar-refractivity contribution in [2.45, 2.75) is 0 Å². The highest BCUT2D eigenvalue weighted by molar-refractivity contribution is 7.99. The Hall–Kier alpha value is -1.30. The van der Waals surface area contributed by atoms with Crippen LogP contribution in [0.2, 0.25) is 0 Å². The van der Waals surface area contributed by atoms with E-state index in [4.69, 9.17) is 0 Å². The number of nitrogens with zero attached hydrogens (tertiary/aromatic N) is 1. The van der Waals surface area contributed by atoms with E-state index in [-0.39, 0.29) is 5.96 Å². The van der Waals surface area contributed by atoms with E-state index in [0.717, 1.165) is 11.5 Å². The average molecular weight is 213 g/mol. The first kappa shape index (κ1) is 10.8. The Labute approximate surface area is 86.0 Å². The van der Waals surface area contributed by atoms with Crippen LogP contribution in [0.3, 0.4) is 0 Å². The van der Waals surface area contributed by atoms with Gasteiger partial charge in [-0.05, 0) is 0 Å². The Kier molecular flexibility index (Phi) is 4.18. The van der Waals surface area contributed by atoms with Crippen LogP contribution in [0.1, 0.15) is 0 Å². The molecule has 0 aromatic heterocycles. The molecule has 2 N–H and O–H groups in total. The Morgan fingerprint density at radius 1 is 1.36 bits per heavy atom. The Morgan fingerprint density at radius 2 is 2.00 bits per heavy atom. The number of hydrogen-bond acceptors (Lipinski definition) is 4. The van der Waals surface area contributed by atoms with Gasteiger partial charge in [-0.15, -0.1) is 6.58 Å². The SMILES string of the molecule is C=CCSCCN=C1NC(=O)C(=O)N1. The quantitative estimate of drug-likeness (QED) is 0.368. The summed E-state index contributed by atoms with van der Waals surface area (Å²) in [7, 11) is 0. The zero-order chi connectivity index (χ0) is 10.4. The summed E-state index contributed by atoms with van der Waals surface area (Å²) in [5.41, 5.74) is 0. The van der Waals surface area contributed by atoms with Gasteiger partial charge in [0, 0.05) is 11.5 Å². The van der Waals surface area contributed by atoms with E-state index in [0.29, 0.717) is 6.54 Å². The molecule has 1 aliphatic heterocycles. The third kappa shape index (κ3) is 3.21. The molecule has 2 amide bonds. The zero-order valence-electron chi connectivity index (χ0n) is 7.58. The van der Waals surface area contributed by atoms with Crippen molar-refractivity contribution in [2.75, 3.05) is 18.1 Å². The minimum atomic E-state index is -0.650. The maximum absolute atomic E-state index is 10.7. The summed E-state index contributed by atoms with van der Waals surface area (Å²) < 4.78 is 0. The van der Waals surface area contributed by atoms with Crippen molar-refractivity contribution in [3.63, 3.8) is 0 Å². The lowest BCUT2D eigenvalue weighted by molar-refractivity contribution is -0.135. The van der Waals surface area contributed by atoms with Crippen LogP contribution >= 0.6 is 11.8 Å². The maximum Gasteiger partial charge on any atom is 0.316 e. The number of guanidine groups is 1. The van der Waals surface area contributed by atoms with Gasteiger partial charge in [0.2, 0.25) is 5.96 Å². The second kappa shape index (κ2) is 5.43. The molecular formula is C8H11N3O2S. The highest BCUT2D eigenvalue weighted by atomic mass is 32.2. The first-order valence-corrected chi connectivity index (χ1v) is 5.25. The van der Waals surface area contributed by atoms with Crippen LogP contribution in [0.25, 0.3) is 0 Å². The number of thioether (sulfide) groups is 1. The van der Waals surface area contributed by atoms with Gasteiger partial charge in [0.25, 0.3) is 0 Å². The summed E-state index contributed by atoms with van der Waals surface area (Å²) in [6.07, 6.45) is 1.82. The molecule has 1 aliphatic rings. The number of amides is 2. The minimum absolute atomic E-state index is 0.249. The lowest BCUT2D eigenvalue weighted by atomic mass is 10.6. The van der Waals surface area contributed by atoms with Gasteiger partial charge in [0.15, 0.2) is 0 Å². The molecule has 0 unspecified atom stereocenters. The molecule has 1 heterocycles. The molecule has 0 spiro atoms.